The Morgan fingerprint density at radius 1 is 1.00 bits per heavy atom. The van der Waals surface area contributed by atoms with E-state index in [-0.39, 0.29) is 5.91 Å². The van der Waals surface area contributed by atoms with E-state index in [0.717, 1.165) is 57.6 Å². The number of carbonyl (C=O) groups excluding carboxylic acids is 1. The standard InChI is InChI=1S/C23H29N3O2/c1-18-5-4-6-21(17-18)28-20-10-15-25(16-11-20)19-8-13-26(14-9-19)23(27)22-7-2-3-12-24-22/h2-7,12,17,19-20H,8-11,13-16H2,1H3. The summed E-state index contributed by atoms with van der Waals surface area (Å²) in [6.45, 7) is 5.89. The van der Waals surface area contributed by atoms with E-state index in [1.807, 2.05) is 23.1 Å². The van der Waals surface area contributed by atoms with Crippen LogP contribution in [-0.2, 0) is 0 Å². The average molecular weight is 380 g/mol. The largest absolute Gasteiger partial charge is 0.490 e. The lowest BCUT2D eigenvalue weighted by molar-refractivity contribution is 0.0423. The molecule has 2 aliphatic rings. The molecule has 2 aliphatic heterocycles. The highest BCUT2D eigenvalue weighted by atomic mass is 16.5. The third-order valence-corrected chi connectivity index (χ3v) is 5.92. The average Bonchev–Trinajstić information content (AvgIpc) is 2.75. The van der Waals surface area contributed by atoms with Gasteiger partial charge in [-0.3, -0.25) is 14.7 Å². The first kappa shape index (κ1) is 18.9. The van der Waals surface area contributed by atoms with Gasteiger partial charge in [-0.25, -0.2) is 0 Å². The number of nitrogens with zero attached hydrogens (tertiary/aromatic N) is 3. The van der Waals surface area contributed by atoms with Gasteiger partial charge in [0, 0.05) is 38.4 Å². The molecule has 0 unspecified atom stereocenters. The molecule has 28 heavy (non-hydrogen) atoms. The van der Waals surface area contributed by atoms with Crippen LogP contribution in [0.15, 0.2) is 48.7 Å². The van der Waals surface area contributed by atoms with Gasteiger partial charge in [-0.2, -0.15) is 0 Å². The molecular weight excluding hydrogens is 350 g/mol. The molecule has 4 rings (SSSR count). The predicted molar refractivity (Wildman–Crippen MR) is 110 cm³/mol. The van der Waals surface area contributed by atoms with Crippen molar-refractivity contribution >= 4 is 5.91 Å². The van der Waals surface area contributed by atoms with Crippen LogP contribution in [0.1, 0.15) is 41.7 Å². The van der Waals surface area contributed by atoms with Crippen molar-refractivity contribution in [3.63, 3.8) is 0 Å². The van der Waals surface area contributed by atoms with Crippen molar-refractivity contribution in [1.82, 2.24) is 14.8 Å². The van der Waals surface area contributed by atoms with Crippen molar-refractivity contribution in [3.8, 4) is 5.75 Å². The third kappa shape index (κ3) is 4.53. The number of hydrogen-bond donors (Lipinski definition) is 0. The molecule has 0 radical (unpaired) electrons. The number of piperidine rings is 2. The van der Waals surface area contributed by atoms with Crippen LogP contribution in [0.3, 0.4) is 0 Å². The van der Waals surface area contributed by atoms with Gasteiger partial charge in [0.15, 0.2) is 0 Å². The van der Waals surface area contributed by atoms with Gasteiger partial charge in [0.25, 0.3) is 5.91 Å². The molecule has 5 nitrogen and oxygen atoms in total. The predicted octanol–water partition coefficient (Wildman–Crippen LogP) is 3.54. The number of benzene rings is 1. The molecule has 0 N–H and O–H groups in total. The summed E-state index contributed by atoms with van der Waals surface area (Å²) in [5.41, 5.74) is 1.79. The molecular formula is C23H29N3O2. The second-order valence-electron chi connectivity index (χ2n) is 7.91. The van der Waals surface area contributed by atoms with Crippen LogP contribution in [0.5, 0.6) is 5.75 Å². The molecule has 2 aromatic rings. The summed E-state index contributed by atoms with van der Waals surface area (Å²) in [6, 6.07) is 14.4. The molecule has 0 spiro atoms. The second-order valence-corrected chi connectivity index (χ2v) is 7.91. The molecule has 148 valence electrons. The minimum absolute atomic E-state index is 0.0595. The first-order valence-electron chi connectivity index (χ1n) is 10.4. The first-order chi connectivity index (χ1) is 13.7. The van der Waals surface area contributed by atoms with E-state index in [1.54, 1.807) is 12.3 Å². The molecule has 5 heteroatoms. The number of hydrogen-bond acceptors (Lipinski definition) is 4. The summed E-state index contributed by atoms with van der Waals surface area (Å²) in [6.07, 6.45) is 6.22. The maximum Gasteiger partial charge on any atom is 0.272 e. The Balaban J connectivity index is 1.23. The van der Waals surface area contributed by atoms with Gasteiger partial charge in [0.05, 0.1) is 0 Å². The fraction of sp³-hybridized carbons (Fsp3) is 0.478. The number of pyridine rings is 1. The van der Waals surface area contributed by atoms with Gasteiger partial charge in [-0.1, -0.05) is 18.2 Å². The molecule has 2 fully saturated rings. The van der Waals surface area contributed by atoms with E-state index in [0.29, 0.717) is 17.8 Å². The zero-order valence-corrected chi connectivity index (χ0v) is 16.6. The normalized spacial score (nSPS) is 19.5. The SMILES string of the molecule is Cc1cccc(OC2CCN(C3CCN(C(=O)c4ccccn4)CC3)CC2)c1. The molecule has 0 saturated carbocycles. The number of carbonyl (C=O) groups is 1. The highest BCUT2D eigenvalue weighted by Gasteiger charge is 2.30. The van der Waals surface area contributed by atoms with Crippen LogP contribution in [0, 0.1) is 6.92 Å². The van der Waals surface area contributed by atoms with Crippen molar-refractivity contribution < 1.29 is 9.53 Å². The van der Waals surface area contributed by atoms with Crippen molar-refractivity contribution in [3.05, 3.63) is 59.9 Å². The van der Waals surface area contributed by atoms with E-state index in [4.69, 9.17) is 4.74 Å². The number of ether oxygens (including phenoxy) is 1. The van der Waals surface area contributed by atoms with E-state index in [2.05, 4.69) is 35.0 Å². The number of amides is 1. The van der Waals surface area contributed by atoms with Crippen molar-refractivity contribution in [2.75, 3.05) is 26.2 Å². The third-order valence-electron chi connectivity index (χ3n) is 5.92. The van der Waals surface area contributed by atoms with Crippen LogP contribution in [0.2, 0.25) is 0 Å². The van der Waals surface area contributed by atoms with Crippen LogP contribution in [0.4, 0.5) is 0 Å². The van der Waals surface area contributed by atoms with Crippen molar-refractivity contribution in [2.24, 2.45) is 0 Å². The summed E-state index contributed by atoms with van der Waals surface area (Å²) in [5, 5.41) is 0. The van der Waals surface area contributed by atoms with Gasteiger partial charge < -0.3 is 9.64 Å². The summed E-state index contributed by atoms with van der Waals surface area (Å²) in [7, 11) is 0. The zero-order chi connectivity index (χ0) is 19.3. The summed E-state index contributed by atoms with van der Waals surface area (Å²) < 4.78 is 6.18. The summed E-state index contributed by atoms with van der Waals surface area (Å²) in [5.74, 6) is 1.05. The van der Waals surface area contributed by atoms with Crippen LogP contribution >= 0.6 is 0 Å². The Morgan fingerprint density at radius 3 is 2.46 bits per heavy atom. The molecule has 0 bridgehead atoms. The number of aromatic nitrogens is 1. The topological polar surface area (TPSA) is 45.7 Å². The molecule has 1 amide bonds. The van der Waals surface area contributed by atoms with Gasteiger partial charge in [-0.15, -0.1) is 0 Å². The summed E-state index contributed by atoms with van der Waals surface area (Å²) >= 11 is 0. The van der Waals surface area contributed by atoms with Crippen molar-refractivity contribution in [1.29, 1.82) is 0 Å². The van der Waals surface area contributed by atoms with Crippen LogP contribution in [0.25, 0.3) is 0 Å². The minimum atomic E-state index is 0.0595. The van der Waals surface area contributed by atoms with Crippen molar-refractivity contribution in [2.45, 2.75) is 44.8 Å². The molecule has 0 atom stereocenters. The lowest BCUT2D eigenvalue weighted by Crippen LogP contribution is -2.50. The van der Waals surface area contributed by atoms with Gasteiger partial charge in [-0.05, 0) is 62.4 Å². The Labute approximate surface area is 167 Å². The minimum Gasteiger partial charge on any atom is -0.490 e. The highest BCUT2D eigenvalue weighted by molar-refractivity contribution is 5.92. The number of rotatable bonds is 4. The zero-order valence-electron chi connectivity index (χ0n) is 16.6. The number of aryl methyl sites for hydroxylation is 1. The van der Waals surface area contributed by atoms with Crippen LogP contribution < -0.4 is 4.74 Å². The Morgan fingerprint density at radius 2 is 1.79 bits per heavy atom. The lowest BCUT2D eigenvalue weighted by Gasteiger charge is -2.41. The van der Waals surface area contributed by atoms with E-state index in [1.165, 1.54) is 5.56 Å². The maximum atomic E-state index is 12.6. The fourth-order valence-corrected chi connectivity index (χ4v) is 4.33. The lowest BCUT2D eigenvalue weighted by atomic mass is 9.98. The monoisotopic (exact) mass is 379 g/mol. The molecule has 2 saturated heterocycles. The molecule has 1 aromatic heterocycles. The molecule has 3 heterocycles. The Hall–Kier alpha value is -2.40. The number of likely N-dealkylation sites (tertiary alicyclic amines) is 2. The smallest absolute Gasteiger partial charge is 0.272 e. The maximum absolute atomic E-state index is 12.6. The molecule has 0 aliphatic carbocycles. The van der Waals surface area contributed by atoms with Crippen LogP contribution in [-0.4, -0.2) is 59.0 Å². The van der Waals surface area contributed by atoms with Gasteiger partial charge in [0.1, 0.15) is 17.5 Å². The summed E-state index contributed by atoms with van der Waals surface area (Å²) in [4.78, 5) is 21.3. The second kappa shape index (κ2) is 8.74. The van der Waals surface area contributed by atoms with Gasteiger partial charge >= 0.3 is 0 Å². The van der Waals surface area contributed by atoms with E-state index < -0.39 is 0 Å². The highest BCUT2D eigenvalue weighted by Crippen LogP contribution is 2.24. The van der Waals surface area contributed by atoms with E-state index >= 15 is 0 Å². The fourth-order valence-electron chi connectivity index (χ4n) is 4.33. The Kier molecular flexibility index (Phi) is 5.91. The van der Waals surface area contributed by atoms with E-state index in [9.17, 15) is 4.79 Å². The quantitative estimate of drug-likeness (QED) is 0.815. The Bertz CT molecular complexity index is 779. The first-order valence-corrected chi connectivity index (χ1v) is 10.4. The molecule has 1 aromatic carbocycles. The van der Waals surface area contributed by atoms with Gasteiger partial charge in [0.2, 0.25) is 0 Å².